The summed E-state index contributed by atoms with van der Waals surface area (Å²) in [5.74, 6) is 1.57. The number of halogens is 1. The maximum Gasteiger partial charge on any atom is 0.341 e. The van der Waals surface area contributed by atoms with Gasteiger partial charge in [0.05, 0.1) is 13.7 Å². The quantitative estimate of drug-likeness (QED) is 0.865. The summed E-state index contributed by atoms with van der Waals surface area (Å²) in [7, 11) is 1.38. The number of hydrogen-bond donors (Lipinski definition) is 1. The summed E-state index contributed by atoms with van der Waals surface area (Å²) in [6.07, 6.45) is 1.00. The van der Waals surface area contributed by atoms with Gasteiger partial charge >= 0.3 is 5.97 Å². The monoisotopic (exact) mass is 302 g/mol. The molecule has 1 aliphatic rings. The molecule has 2 rings (SSSR count). The lowest BCUT2D eigenvalue weighted by Gasteiger charge is -2.34. The van der Waals surface area contributed by atoms with Crippen LogP contribution in [0.2, 0.25) is 0 Å². The van der Waals surface area contributed by atoms with Gasteiger partial charge in [-0.05, 0) is 25.3 Å². The molecule has 5 nitrogen and oxygen atoms in total. The molecule has 1 saturated heterocycles. The summed E-state index contributed by atoms with van der Waals surface area (Å²) in [4.78, 5) is 13.8. The second kappa shape index (κ2) is 7.11. The van der Waals surface area contributed by atoms with Crippen LogP contribution in [-0.4, -0.2) is 37.1 Å². The summed E-state index contributed by atoms with van der Waals surface area (Å²) in [6.45, 7) is 6.61. The van der Waals surface area contributed by atoms with Crippen LogP contribution in [0.25, 0.3) is 0 Å². The average Bonchev–Trinajstić information content (AvgIpc) is 2.74. The predicted molar refractivity (Wildman–Crippen MR) is 79.1 cm³/mol. The number of rotatable bonds is 3. The SMILES string of the molecule is COC(=O)c1cc(CN2CCC(N)C(C)C2)oc1C.Cl. The maximum atomic E-state index is 11.5. The number of carbonyl (C=O) groups is 1. The predicted octanol–water partition coefficient (Wildman–Crippen LogP) is 1.97. The number of nitrogens with zero attached hydrogens (tertiary/aromatic N) is 1. The minimum Gasteiger partial charge on any atom is -0.465 e. The van der Waals surface area contributed by atoms with Gasteiger partial charge in [0.25, 0.3) is 0 Å². The summed E-state index contributed by atoms with van der Waals surface area (Å²) in [5, 5.41) is 0. The molecule has 1 aromatic heterocycles. The highest BCUT2D eigenvalue weighted by atomic mass is 35.5. The van der Waals surface area contributed by atoms with E-state index in [0.717, 1.165) is 31.8 Å². The van der Waals surface area contributed by atoms with Crippen LogP contribution in [-0.2, 0) is 11.3 Å². The Labute approximate surface area is 125 Å². The van der Waals surface area contributed by atoms with Gasteiger partial charge in [0.1, 0.15) is 17.1 Å². The number of esters is 1. The van der Waals surface area contributed by atoms with Gasteiger partial charge < -0.3 is 14.9 Å². The minimum absolute atomic E-state index is 0. The fourth-order valence-electron chi connectivity index (χ4n) is 2.55. The molecular weight excluding hydrogens is 280 g/mol. The van der Waals surface area contributed by atoms with Gasteiger partial charge in [0.15, 0.2) is 0 Å². The van der Waals surface area contributed by atoms with Gasteiger partial charge in [0.2, 0.25) is 0 Å². The third kappa shape index (κ3) is 3.75. The normalized spacial score (nSPS) is 23.2. The number of piperidine rings is 1. The highest BCUT2D eigenvalue weighted by molar-refractivity contribution is 5.90. The minimum atomic E-state index is -0.346. The van der Waals surface area contributed by atoms with Crippen molar-refractivity contribution in [3.63, 3.8) is 0 Å². The molecule has 0 aromatic carbocycles. The van der Waals surface area contributed by atoms with Gasteiger partial charge in [-0.3, -0.25) is 4.90 Å². The molecule has 0 radical (unpaired) electrons. The van der Waals surface area contributed by atoms with Crippen LogP contribution in [0.4, 0.5) is 0 Å². The molecule has 2 heterocycles. The Morgan fingerprint density at radius 2 is 2.30 bits per heavy atom. The van der Waals surface area contributed by atoms with Gasteiger partial charge in [-0.2, -0.15) is 0 Å². The lowest BCUT2D eigenvalue weighted by Crippen LogP contribution is -2.45. The molecule has 0 spiro atoms. The van der Waals surface area contributed by atoms with Crippen LogP contribution in [0, 0.1) is 12.8 Å². The number of likely N-dealkylation sites (tertiary alicyclic amines) is 1. The van der Waals surface area contributed by atoms with E-state index in [2.05, 4.69) is 11.8 Å². The molecule has 0 bridgehead atoms. The van der Waals surface area contributed by atoms with E-state index >= 15 is 0 Å². The van der Waals surface area contributed by atoms with Crippen LogP contribution in [0.3, 0.4) is 0 Å². The third-order valence-electron chi connectivity index (χ3n) is 3.81. The second-order valence-electron chi connectivity index (χ2n) is 5.34. The first-order valence-corrected chi connectivity index (χ1v) is 6.66. The van der Waals surface area contributed by atoms with E-state index in [1.54, 1.807) is 13.0 Å². The number of carbonyl (C=O) groups excluding carboxylic acids is 1. The van der Waals surface area contributed by atoms with Crippen molar-refractivity contribution in [1.29, 1.82) is 0 Å². The summed E-state index contributed by atoms with van der Waals surface area (Å²) in [5.41, 5.74) is 6.52. The third-order valence-corrected chi connectivity index (χ3v) is 3.81. The average molecular weight is 303 g/mol. The lowest BCUT2D eigenvalue weighted by atomic mass is 9.95. The summed E-state index contributed by atoms with van der Waals surface area (Å²) in [6, 6.07) is 2.07. The standard InChI is InChI=1S/C14H22N2O3.ClH/c1-9-7-16(5-4-13(9)15)8-11-6-12(10(2)19-11)14(17)18-3;/h6,9,13H,4-5,7-8,15H2,1-3H3;1H. The lowest BCUT2D eigenvalue weighted by molar-refractivity contribution is 0.0599. The molecule has 2 atom stereocenters. The van der Waals surface area contributed by atoms with Crippen LogP contribution >= 0.6 is 12.4 Å². The van der Waals surface area contributed by atoms with E-state index in [1.165, 1.54) is 7.11 Å². The van der Waals surface area contributed by atoms with Crippen molar-refractivity contribution in [1.82, 2.24) is 4.90 Å². The number of methoxy groups -OCH3 is 1. The van der Waals surface area contributed by atoms with Gasteiger partial charge in [-0.25, -0.2) is 4.79 Å². The van der Waals surface area contributed by atoms with Crippen molar-refractivity contribution < 1.29 is 13.9 Å². The van der Waals surface area contributed by atoms with Crippen molar-refractivity contribution in [2.75, 3.05) is 20.2 Å². The Hall–Kier alpha value is -1.04. The van der Waals surface area contributed by atoms with E-state index in [-0.39, 0.29) is 18.4 Å². The van der Waals surface area contributed by atoms with E-state index in [9.17, 15) is 4.79 Å². The van der Waals surface area contributed by atoms with Crippen molar-refractivity contribution >= 4 is 18.4 Å². The van der Waals surface area contributed by atoms with E-state index in [0.29, 0.717) is 23.3 Å². The number of hydrogen-bond acceptors (Lipinski definition) is 5. The Balaban J connectivity index is 0.00000200. The molecule has 114 valence electrons. The Morgan fingerprint density at radius 3 is 2.90 bits per heavy atom. The number of ether oxygens (including phenoxy) is 1. The molecular formula is C14H23ClN2O3. The Morgan fingerprint density at radius 1 is 1.60 bits per heavy atom. The topological polar surface area (TPSA) is 68.7 Å². The first-order valence-electron chi connectivity index (χ1n) is 6.66. The van der Waals surface area contributed by atoms with Crippen molar-refractivity contribution in [3.05, 3.63) is 23.2 Å². The molecule has 0 aliphatic carbocycles. The molecule has 1 aromatic rings. The van der Waals surface area contributed by atoms with Gasteiger partial charge in [0, 0.05) is 19.1 Å². The van der Waals surface area contributed by atoms with Crippen molar-refractivity contribution in [2.45, 2.75) is 32.9 Å². The smallest absolute Gasteiger partial charge is 0.341 e. The van der Waals surface area contributed by atoms with E-state index in [4.69, 9.17) is 14.9 Å². The maximum absolute atomic E-state index is 11.5. The van der Waals surface area contributed by atoms with E-state index in [1.807, 2.05) is 0 Å². The van der Waals surface area contributed by atoms with Gasteiger partial charge in [-0.15, -0.1) is 12.4 Å². The van der Waals surface area contributed by atoms with E-state index < -0.39 is 0 Å². The molecule has 1 aliphatic heterocycles. The fourth-order valence-corrected chi connectivity index (χ4v) is 2.55. The first kappa shape index (κ1) is 17.0. The number of furan rings is 1. The highest BCUT2D eigenvalue weighted by Crippen LogP contribution is 2.21. The first-order chi connectivity index (χ1) is 9.01. The molecule has 0 amide bonds. The summed E-state index contributed by atoms with van der Waals surface area (Å²) < 4.78 is 10.4. The Kier molecular flexibility index (Phi) is 6.05. The zero-order valence-corrected chi connectivity index (χ0v) is 13.0. The van der Waals surface area contributed by atoms with Crippen molar-refractivity contribution in [3.8, 4) is 0 Å². The second-order valence-corrected chi connectivity index (χ2v) is 5.34. The molecule has 2 N–H and O–H groups in total. The van der Waals surface area contributed by atoms with Crippen LogP contribution < -0.4 is 5.73 Å². The number of aryl methyl sites for hydroxylation is 1. The van der Waals surface area contributed by atoms with Gasteiger partial charge in [-0.1, -0.05) is 6.92 Å². The van der Waals surface area contributed by atoms with Crippen molar-refractivity contribution in [2.24, 2.45) is 11.7 Å². The van der Waals surface area contributed by atoms with Crippen LogP contribution in [0.1, 0.15) is 35.2 Å². The Bertz CT molecular complexity index is 461. The molecule has 2 unspecified atom stereocenters. The molecule has 6 heteroatoms. The molecule has 1 fully saturated rings. The van der Waals surface area contributed by atoms with Crippen LogP contribution in [0.15, 0.2) is 10.5 Å². The fraction of sp³-hybridized carbons (Fsp3) is 0.643. The summed E-state index contributed by atoms with van der Waals surface area (Å²) >= 11 is 0. The zero-order valence-electron chi connectivity index (χ0n) is 12.2. The number of nitrogens with two attached hydrogens (primary N) is 1. The molecule has 0 saturated carbocycles. The molecule has 20 heavy (non-hydrogen) atoms. The van der Waals surface area contributed by atoms with Crippen LogP contribution in [0.5, 0.6) is 0 Å². The largest absolute Gasteiger partial charge is 0.465 e. The zero-order chi connectivity index (χ0) is 14.0. The highest BCUT2D eigenvalue weighted by Gasteiger charge is 2.24.